The van der Waals surface area contributed by atoms with Crippen LogP contribution in [0.2, 0.25) is 0 Å². The summed E-state index contributed by atoms with van der Waals surface area (Å²) >= 11 is 0. The molecule has 1 saturated heterocycles. The molecule has 0 aromatic heterocycles. The minimum Gasteiger partial charge on any atom is -0.493 e. The van der Waals surface area contributed by atoms with Crippen LogP contribution in [0.4, 0.5) is 5.69 Å². The second-order valence-electron chi connectivity index (χ2n) is 10.4. The van der Waals surface area contributed by atoms with Crippen molar-refractivity contribution in [1.82, 2.24) is 4.90 Å². The molecule has 6 rings (SSSR count). The second-order valence-corrected chi connectivity index (χ2v) is 10.4. The predicted molar refractivity (Wildman–Crippen MR) is 118 cm³/mol. The molecule has 1 N–H and O–H groups in total. The quantitative estimate of drug-likeness (QED) is 0.768. The largest absolute Gasteiger partial charge is 0.493 e. The highest BCUT2D eigenvalue weighted by atomic mass is 16.5. The molecule has 1 aliphatic heterocycles. The van der Waals surface area contributed by atoms with Crippen LogP contribution in [0.3, 0.4) is 0 Å². The van der Waals surface area contributed by atoms with Gasteiger partial charge >= 0.3 is 0 Å². The number of carbonyl (C=O) groups is 2. The summed E-state index contributed by atoms with van der Waals surface area (Å²) in [6.07, 6.45) is 8.68. The van der Waals surface area contributed by atoms with E-state index >= 15 is 0 Å². The molecule has 168 valence electrons. The average Bonchev–Trinajstić information content (AvgIpc) is 3.23. The van der Waals surface area contributed by atoms with E-state index in [9.17, 15) is 9.59 Å². The molecule has 1 unspecified atom stereocenters. The SMILES string of the molecule is COc1cc(C)c(NC(=O)C2CCCN2C(=O)C23CC4CC(CC(C4)C2)C3)cc1OC. The lowest BCUT2D eigenvalue weighted by molar-refractivity contribution is -0.160. The van der Waals surface area contributed by atoms with Crippen LogP contribution >= 0.6 is 0 Å². The Labute approximate surface area is 184 Å². The zero-order chi connectivity index (χ0) is 21.8. The molecule has 2 amide bonds. The highest BCUT2D eigenvalue weighted by Crippen LogP contribution is 2.60. The van der Waals surface area contributed by atoms with Crippen LogP contribution in [0.1, 0.15) is 56.9 Å². The lowest BCUT2D eigenvalue weighted by atomic mass is 9.49. The molecule has 31 heavy (non-hydrogen) atoms. The van der Waals surface area contributed by atoms with E-state index in [1.54, 1.807) is 20.3 Å². The maximum absolute atomic E-state index is 13.8. The van der Waals surface area contributed by atoms with Gasteiger partial charge in [-0.05, 0) is 87.7 Å². The van der Waals surface area contributed by atoms with Crippen molar-refractivity contribution in [2.45, 2.75) is 64.3 Å². The van der Waals surface area contributed by atoms with Gasteiger partial charge in [-0.15, -0.1) is 0 Å². The smallest absolute Gasteiger partial charge is 0.247 e. The van der Waals surface area contributed by atoms with Gasteiger partial charge in [0.15, 0.2) is 11.5 Å². The third-order valence-electron chi connectivity index (χ3n) is 8.30. The fourth-order valence-corrected chi connectivity index (χ4v) is 7.29. The number of benzene rings is 1. The van der Waals surface area contributed by atoms with Crippen molar-refractivity contribution in [3.8, 4) is 11.5 Å². The number of hydrogen-bond acceptors (Lipinski definition) is 4. The van der Waals surface area contributed by atoms with E-state index in [4.69, 9.17) is 9.47 Å². The van der Waals surface area contributed by atoms with Gasteiger partial charge in [0.25, 0.3) is 0 Å². The summed E-state index contributed by atoms with van der Waals surface area (Å²) in [4.78, 5) is 29.0. The summed E-state index contributed by atoms with van der Waals surface area (Å²) in [5.41, 5.74) is 1.41. The number of likely N-dealkylation sites (tertiary alicyclic amines) is 1. The number of aryl methyl sites for hydroxylation is 1. The summed E-state index contributed by atoms with van der Waals surface area (Å²) in [7, 11) is 3.18. The number of nitrogens with zero attached hydrogens (tertiary/aromatic N) is 1. The van der Waals surface area contributed by atoms with Crippen LogP contribution in [0.15, 0.2) is 12.1 Å². The Kier molecular flexibility index (Phi) is 5.14. The van der Waals surface area contributed by atoms with Crippen molar-refractivity contribution in [1.29, 1.82) is 0 Å². The third kappa shape index (κ3) is 3.48. The van der Waals surface area contributed by atoms with Gasteiger partial charge in [0.2, 0.25) is 11.8 Å². The van der Waals surface area contributed by atoms with Crippen molar-refractivity contribution in [2.75, 3.05) is 26.1 Å². The summed E-state index contributed by atoms with van der Waals surface area (Å²) in [5.74, 6) is 3.55. The van der Waals surface area contributed by atoms with Gasteiger partial charge < -0.3 is 19.7 Å². The number of carbonyl (C=O) groups excluding carboxylic acids is 2. The molecular formula is C25H34N2O4. The molecule has 5 aliphatic rings. The monoisotopic (exact) mass is 426 g/mol. The Morgan fingerprint density at radius 1 is 1.00 bits per heavy atom. The number of methoxy groups -OCH3 is 2. The molecule has 1 aromatic carbocycles. The number of hydrogen-bond donors (Lipinski definition) is 1. The zero-order valence-corrected chi connectivity index (χ0v) is 18.9. The topological polar surface area (TPSA) is 67.9 Å². The Balaban J connectivity index is 1.34. The van der Waals surface area contributed by atoms with Crippen LogP contribution in [0.5, 0.6) is 11.5 Å². The van der Waals surface area contributed by atoms with E-state index in [1.165, 1.54) is 19.3 Å². The van der Waals surface area contributed by atoms with Gasteiger partial charge in [0, 0.05) is 18.3 Å². The minimum atomic E-state index is -0.381. The molecule has 4 aliphatic carbocycles. The summed E-state index contributed by atoms with van der Waals surface area (Å²) in [5, 5.41) is 3.07. The van der Waals surface area contributed by atoms with E-state index in [1.807, 2.05) is 17.9 Å². The normalized spacial score (nSPS) is 33.5. The van der Waals surface area contributed by atoms with Crippen molar-refractivity contribution < 1.29 is 19.1 Å². The number of nitrogens with one attached hydrogen (secondary N) is 1. The van der Waals surface area contributed by atoms with Crippen LogP contribution in [-0.2, 0) is 9.59 Å². The number of rotatable bonds is 5. The molecule has 6 nitrogen and oxygen atoms in total. The van der Waals surface area contributed by atoms with E-state index in [2.05, 4.69) is 5.32 Å². The Hall–Kier alpha value is -2.24. The Bertz CT molecular complexity index is 860. The number of amides is 2. The first-order valence-corrected chi connectivity index (χ1v) is 11.8. The number of anilines is 1. The van der Waals surface area contributed by atoms with Crippen LogP contribution < -0.4 is 14.8 Å². The van der Waals surface area contributed by atoms with Gasteiger partial charge in [-0.2, -0.15) is 0 Å². The number of ether oxygens (including phenoxy) is 2. The standard InChI is InChI=1S/C25H34N2O4/c1-15-7-21(30-2)22(31-3)11-19(15)26-23(28)20-5-4-6-27(20)24(29)25-12-16-8-17(13-25)10-18(9-16)14-25/h7,11,16-18,20H,4-6,8-10,12-14H2,1-3H3,(H,26,28). The zero-order valence-electron chi connectivity index (χ0n) is 18.9. The molecule has 0 radical (unpaired) electrons. The summed E-state index contributed by atoms with van der Waals surface area (Å²) in [6.45, 7) is 2.63. The van der Waals surface area contributed by atoms with E-state index in [-0.39, 0.29) is 23.3 Å². The van der Waals surface area contributed by atoms with Gasteiger partial charge in [0.1, 0.15) is 6.04 Å². The highest BCUT2D eigenvalue weighted by Gasteiger charge is 2.56. The minimum absolute atomic E-state index is 0.0918. The lowest BCUT2D eigenvalue weighted by Gasteiger charge is -2.56. The van der Waals surface area contributed by atoms with Gasteiger partial charge in [-0.3, -0.25) is 9.59 Å². The van der Waals surface area contributed by atoms with Crippen LogP contribution in [0, 0.1) is 30.1 Å². The van der Waals surface area contributed by atoms with Crippen molar-refractivity contribution in [3.63, 3.8) is 0 Å². The fourth-order valence-electron chi connectivity index (χ4n) is 7.29. The maximum Gasteiger partial charge on any atom is 0.247 e. The average molecular weight is 427 g/mol. The second kappa shape index (κ2) is 7.72. The molecule has 5 fully saturated rings. The molecule has 4 saturated carbocycles. The Morgan fingerprint density at radius 2 is 1.58 bits per heavy atom. The van der Waals surface area contributed by atoms with Gasteiger partial charge in [-0.1, -0.05) is 0 Å². The van der Waals surface area contributed by atoms with Crippen molar-refractivity contribution in [3.05, 3.63) is 17.7 Å². The maximum atomic E-state index is 13.8. The first-order chi connectivity index (χ1) is 14.9. The molecule has 1 aromatic rings. The lowest BCUT2D eigenvalue weighted by Crippen LogP contribution is -2.56. The van der Waals surface area contributed by atoms with Crippen molar-refractivity contribution >= 4 is 17.5 Å². The third-order valence-corrected chi connectivity index (χ3v) is 8.30. The van der Waals surface area contributed by atoms with E-state index in [0.717, 1.165) is 55.4 Å². The Morgan fingerprint density at radius 3 is 2.16 bits per heavy atom. The molecule has 1 atom stereocenters. The molecule has 6 heteroatoms. The van der Waals surface area contributed by atoms with E-state index < -0.39 is 0 Å². The molecule has 1 heterocycles. The van der Waals surface area contributed by atoms with Gasteiger partial charge in [0.05, 0.1) is 19.6 Å². The highest BCUT2D eigenvalue weighted by molar-refractivity contribution is 5.99. The summed E-state index contributed by atoms with van der Waals surface area (Å²) < 4.78 is 10.7. The molecule has 4 bridgehead atoms. The predicted octanol–water partition coefficient (Wildman–Crippen LogP) is 4.16. The van der Waals surface area contributed by atoms with Gasteiger partial charge in [-0.25, -0.2) is 0 Å². The first-order valence-electron chi connectivity index (χ1n) is 11.8. The van der Waals surface area contributed by atoms with Crippen LogP contribution in [-0.4, -0.2) is 43.5 Å². The molecular weight excluding hydrogens is 392 g/mol. The first kappa shape index (κ1) is 20.7. The van der Waals surface area contributed by atoms with Crippen molar-refractivity contribution in [2.24, 2.45) is 23.2 Å². The fraction of sp³-hybridized carbons (Fsp3) is 0.680. The van der Waals surface area contributed by atoms with Crippen LogP contribution in [0.25, 0.3) is 0 Å². The summed E-state index contributed by atoms with van der Waals surface area (Å²) in [6, 6.07) is 3.28. The molecule has 0 spiro atoms. The van der Waals surface area contributed by atoms with E-state index in [0.29, 0.717) is 23.7 Å².